The molecule has 0 bridgehead atoms. The highest BCUT2D eigenvalue weighted by atomic mass is 35.5. The van der Waals surface area contributed by atoms with E-state index in [1.165, 1.54) is 6.07 Å². The van der Waals surface area contributed by atoms with Crippen LogP contribution in [0.15, 0.2) is 53.9 Å². The van der Waals surface area contributed by atoms with Crippen LogP contribution >= 0.6 is 22.9 Å². The third kappa shape index (κ3) is 3.23. The fraction of sp³-hybridized carbons (Fsp3) is 0.0625. The first-order valence-corrected chi connectivity index (χ1v) is 7.67. The molecule has 106 valence electrons. The van der Waals surface area contributed by atoms with Gasteiger partial charge >= 0.3 is 0 Å². The smallest absolute Gasteiger partial charge is 0.164 e. The Balaban J connectivity index is 1.72. The van der Waals surface area contributed by atoms with E-state index in [0.29, 0.717) is 12.2 Å². The van der Waals surface area contributed by atoms with Gasteiger partial charge in [-0.3, -0.25) is 0 Å². The molecule has 0 aliphatic carbocycles. The van der Waals surface area contributed by atoms with Gasteiger partial charge in [0.2, 0.25) is 0 Å². The monoisotopic (exact) mass is 318 g/mol. The Hall–Kier alpha value is -1.91. The fourth-order valence-corrected chi connectivity index (χ4v) is 2.86. The average molecular weight is 319 g/mol. The lowest BCUT2D eigenvalue weighted by Crippen LogP contribution is -2.01. The van der Waals surface area contributed by atoms with Crippen LogP contribution in [-0.2, 0) is 6.54 Å². The summed E-state index contributed by atoms with van der Waals surface area (Å²) in [5.74, 6) is -0.431. The molecule has 5 heteroatoms. The van der Waals surface area contributed by atoms with Crippen LogP contribution in [0.2, 0.25) is 5.02 Å². The molecule has 0 aliphatic heterocycles. The summed E-state index contributed by atoms with van der Waals surface area (Å²) in [6, 6.07) is 14.9. The van der Waals surface area contributed by atoms with E-state index in [4.69, 9.17) is 11.6 Å². The molecule has 1 N–H and O–H groups in total. The molecule has 2 aromatic carbocycles. The number of rotatable bonds is 4. The first-order chi connectivity index (χ1) is 10.2. The molecule has 1 aromatic heterocycles. The van der Waals surface area contributed by atoms with E-state index in [-0.39, 0.29) is 5.02 Å². The maximum Gasteiger partial charge on any atom is 0.164 e. The van der Waals surface area contributed by atoms with Gasteiger partial charge in [-0.25, -0.2) is 9.37 Å². The van der Waals surface area contributed by atoms with Crippen LogP contribution in [0.1, 0.15) is 5.01 Å². The lowest BCUT2D eigenvalue weighted by atomic mass is 10.2. The first-order valence-electron chi connectivity index (χ1n) is 6.42. The zero-order chi connectivity index (χ0) is 14.7. The van der Waals surface area contributed by atoms with Gasteiger partial charge in [-0.1, -0.05) is 48.0 Å². The minimum Gasteiger partial charge on any atom is -0.376 e. The number of hydrogen-bond donors (Lipinski definition) is 1. The topological polar surface area (TPSA) is 24.9 Å². The van der Waals surface area contributed by atoms with Crippen molar-refractivity contribution >= 4 is 28.6 Å². The van der Waals surface area contributed by atoms with E-state index >= 15 is 0 Å². The SMILES string of the molecule is Fc1c(Cl)cccc1NCc1nc(-c2ccccc2)cs1. The number of thiazole rings is 1. The zero-order valence-electron chi connectivity index (χ0n) is 11.0. The summed E-state index contributed by atoms with van der Waals surface area (Å²) >= 11 is 7.30. The zero-order valence-corrected chi connectivity index (χ0v) is 12.6. The van der Waals surface area contributed by atoms with Crippen molar-refractivity contribution in [1.29, 1.82) is 0 Å². The molecule has 0 aliphatic rings. The van der Waals surface area contributed by atoms with Gasteiger partial charge in [-0.05, 0) is 12.1 Å². The Labute approximate surface area is 131 Å². The summed E-state index contributed by atoms with van der Waals surface area (Å²) in [5, 5.41) is 6.04. The third-order valence-corrected chi connectivity index (χ3v) is 4.14. The third-order valence-electron chi connectivity index (χ3n) is 3.00. The summed E-state index contributed by atoms with van der Waals surface area (Å²) in [7, 11) is 0. The summed E-state index contributed by atoms with van der Waals surface area (Å²) in [4.78, 5) is 4.55. The van der Waals surface area contributed by atoms with Gasteiger partial charge in [0.25, 0.3) is 0 Å². The number of anilines is 1. The van der Waals surface area contributed by atoms with Crippen molar-refractivity contribution < 1.29 is 4.39 Å². The summed E-state index contributed by atoms with van der Waals surface area (Å²) in [6.45, 7) is 0.467. The van der Waals surface area contributed by atoms with Crippen LogP contribution < -0.4 is 5.32 Å². The Bertz CT molecular complexity index is 743. The molecule has 0 spiro atoms. The highest BCUT2D eigenvalue weighted by molar-refractivity contribution is 7.09. The van der Waals surface area contributed by atoms with Crippen LogP contribution in [-0.4, -0.2) is 4.98 Å². The minimum absolute atomic E-state index is 0.115. The van der Waals surface area contributed by atoms with E-state index in [0.717, 1.165) is 16.3 Å². The van der Waals surface area contributed by atoms with Crippen molar-refractivity contribution in [3.05, 3.63) is 69.8 Å². The second-order valence-electron chi connectivity index (χ2n) is 4.45. The predicted molar refractivity (Wildman–Crippen MR) is 86.3 cm³/mol. The standard InChI is InChI=1S/C16H12ClFN2S/c17-12-7-4-8-13(16(12)18)19-9-15-20-14(10-21-15)11-5-2-1-3-6-11/h1-8,10,19H,9H2. The molecule has 1 heterocycles. The van der Waals surface area contributed by atoms with Crippen molar-refractivity contribution in [2.75, 3.05) is 5.32 Å². The average Bonchev–Trinajstić information content (AvgIpc) is 2.99. The van der Waals surface area contributed by atoms with Crippen molar-refractivity contribution in [2.45, 2.75) is 6.54 Å². The van der Waals surface area contributed by atoms with Gasteiger partial charge in [0.15, 0.2) is 5.82 Å². The molecule has 3 rings (SSSR count). The predicted octanol–water partition coefficient (Wildman–Crippen LogP) is 5.21. The Kier molecular flexibility index (Phi) is 4.18. The number of nitrogens with zero attached hydrogens (tertiary/aromatic N) is 1. The normalized spacial score (nSPS) is 10.6. The second-order valence-corrected chi connectivity index (χ2v) is 5.80. The first kappa shape index (κ1) is 14.0. The van der Waals surface area contributed by atoms with Crippen molar-refractivity contribution in [3.8, 4) is 11.3 Å². The maximum atomic E-state index is 13.8. The number of nitrogens with one attached hydrogen (secondary N) is 1. The van der Waals surface area contributed by atoms with Gasteiger partial charge in [-0.15, -0.1) is 11.3 Å². The molecule has 21 heavy (non-hydrogen) atoms. The van der Waals surface area contributed by atoms with Crippen LogP contribution in [0.3, 0.4) is 0 Å². The molecular weight excluding hydrogens is 307 g/mol. The second kappa shape index (κ2) is 6.24. The van der Waals surface area contributed by atoms with Crippen molar-refractivity contribution in [1.82, 2.24) is 4.98 Å². The minimum atomic E-state index is -0.431. The van der Waals surface area contributed by atoms with E-state index < -0.39 is 5.82 Å². The Morgan fingerprint density at radius 1 is 1.10 bits per heavy atom. The molecule has 0 atom stereocenters. The fourth-order valence-electron chi connectivity index (χ4n) is 1.94. The molecule has 0 saturated carbocycles. The highest BCUT2D eigenvalue weighted by Gasteiger charge is 2.08. The highest BCUT2D eigenvalue weighted by Crippen LogP contribution is 2.24. The van der Waals surface area contributed by atoms with Crippen LogP contribution in [0.4, 0.5) is 10.1 Å². The maximum absolute atomic E-state index is 13.8. The van der Waals surface area contributed by atoms with E-state index in [2.05, 4.69) is 10.3 Å². The van der Waals surface area contributed by atoms with Crippen LogP contribution in [0, 0.1) is 5.82 Å². The number of hydrogen-bond acceptors (Lipinski definition) is 3. The Morgan fingerprint density at radius 3 is 2.71 bits per heavy atom. The summed E-state index contributed by atoms with van der Waals surface area (Å²) in [5.41, 5.74) is 2.40. The molecule has 0 unspecified atom stereocenters. The van der Waals surface area contributed by atoms with Gasteiger partial charge in [0.05, 0.1) is 22.9 Å². The molecule has 3 aromatic rings. The van der Waals surface area contributed by atoms with E-state index in [9.17, 15) is 4.39 Å². The van der Waals surface area contributed by atoms with E-state index in [1.807, 2.05) is 35.7 Å². The lowest BCUT2D eigenvalue weighted by molar-refractivity contribution is 0.630. The summed E-state index contributed by atoms with van der Waals surface area (Å²) in [6.07, 6.45) is 0. The van der Waals surface area contributed by atoms with Gasteiger partial charge in [0, 0.05) is 10.9 Å². The molecule has 0 saturated heterocycles. The van der Waals surface area contributed by atoms with Gasteiger partial charge in [0.1, 0.15) is 5.01 Å². The van der Waals surface area contributed by atoms with Crippen molar-refractivity contribution in [3.63, 3.8) is 0 Å². The molecule has 0 amide bonds. The molecule has 0 fully saturated rings. The summed E-state index contributed by atoms with van der Waals surface area (Å²) < 4.78 is 13.8. The molecule has 2 nitrogen and oxygen atoms in total. The van der Waals surface area contributed by atoms with E-state index in [1.54, 1.807) is 23.5 Å². The quantitative estimate of drug-likeness (QED) is 0.714. The van der Waals surface area contributed by atoms with Crippen molar-refractivity contribution in [2.24, 2.45) is 0 Å². The molecular formula is C16H12ClFN2S. The largest absolute Gasteiger partial charge is 0.376 e. The lowest BCUT2D eigenvalue weighted by Gasteiger charge is -2.06. The number of halogens is 2. The number of benzene rings is 2. The van der Waals surface area contributed by atoms with Crippen LogP contribution in [0.25, 0.3) is 11.3 Å². The Morgan fingerprint density at radius 2 is 1.90 bits per heavy atom. The van der Waals surface area contributed by atoms with Gasteiger partial charge < -0.3 is 5.32 Å². The molecule has 0 radical (unpaired) electrons. The van der Waals surface area contributed by atoms with Crippen LogP contribution in [0.5, 0.6) is 0 Å². The number of aromatic nitrogens is 1. The van der Waals surface area contributed by atoms with Gasteiger partial charge in [-0.2, -0.15) is 0 Å².